The molecule has 17 heavy (non-hydrogen) atoms. The lowest BCUT2D eigenvalue weighted by Gasteiger charge is -2.13. The molecule has 0 amide bonds. The highest BCUT2D eigenvalue weighted by molar-refractivity contribution is 5.47. The van der Waals surface area contributed by atoms with E-state index in [1.807, 2.05) is 20.8 Å². The van der Waals surface area contributed by atoms with Gasteiger partial charge in [-0.25, -0.2) is 10.8 Å². The van der Waals surface area contributed by atoms with Crippen molar-refractivity contribution in [2.45, 2.75) is 33.1 Å². The molecular formula is C12H18N4O. The van der Waals surface area contributed by atoms with E-state index in [1.165, 1.54) is 0 Å². The molecule has 1 rings (SSSR count). The summed E-state index contributed by atoms with van der Waals surface area (Å²) >= 11 is 0. The minimum Gasteiger partial charge on any atom is -0.476 e. The summed E-state index contributed by atoms with van der Waals surface area (Å²) in [6, 6.07) is 0. The Morgan fingerprint density at radius 3 is 2.71 bits per heavy atom. The zero-order valence-corrected chi connectivity index (χ0v) is 10.4. The molecule has 1 aromatic heterocycles. The number of hydrogen-bond donors (Lipinski definition) is 2. The number of hydrogen-bond acceptors (Lipinski definition) is 5. The fraction of sp³-hybridized carbons (Fsp3) is 0.500. The summed E-state index contributed by atoms with van der Waals surface area (Å²) in [5, 5.41) is 0. The van der Waals surface area contributed by atoms with Gasteiger partial charge in [-0.3, -0.25) is 0 Å². The second-order valence-electron chi connectivity index (χ2n) is 3.96. The van der Waals surface area contributed by atoms with Crippen molar-refractivity contribution in [1.82, 2.24) is 9.97 Å². The number of nitrogens with one attached hydrogen (secondary N) is 1. The van der Waals surface area contributed by atoms with Gasteiger partial charge in [0, 0.05) is 12.3 Å². The molecule has 0 radical (unpaired) electrons. The average molecular weight is 234 g/mol. The predicted octanol–water partition coefficient (Wildman–Crippen LogP) is 1.60. The maximum absolute atomic E-state index is 5.52. The molecule has 0 bridgehead atoms. The quantitative estimate of drug-likeness (QED) is 0.350. The van der Waals surface area contributed by atoms with E-state index >= 15 is 0 Å². The molecule has 0 aromatic carbocycles. The van der Waals surface area contributed by atoms with E-state index in [-0.39, 0.29) is 5.92 Å². The minimum atomic E-state index is 0.206. The van der Waals surface area contributed by atoms with Gasteiger partial charge >= 0.3 is 0 Å². The lowest BCUT2D eigenvalue weighted by atomic mass is 10.2. The van der Waals surface area contributed by atoms with Crippen LogP contribution in [0.15, 0.2) is 0 Å². The molecule has 3 N–H and O–H groups in total. The summed E-state index contributed by atoms with van der Waals surface area (Å²) in [6.07, 6.45) is 5.72. The van der Waals surface area contributed by atoms with Gasteiger partial charge in [-0.05, 0) is 6.92 Å². The van der Waals surface area contributed by atoms with E-state index in [4.69, 9.17) is 17.0 Å². The van der Waals surface area contributed by atoms with Crippen molar-refractivity contribution in [2.24, 2.45) is 5.84 Å². The van der Waals surface area contributed by atoms with Crippen molar-refractivity contribution in [3.05, 3.63) is 11.4 Å². The van der Waals surface area contributed by atoms with Gasteiger partial charge in [-0.1, -0.05) is 13.8 Å². The van der Waals surface area contributed by atoms with Crippen LogP contribution in [0.2, 0.25) is 0 Å². The number of aromatic nitrogens is 2. The first-order chi connectivity index (χ1) is 8.10. The first-order valence-electron chi connectivity index (χ1n) is 5.51. The van der Waals surface area contributed by atoms with Crippen molar-refractivity contribution in [1.29, 1.82) is 0 Å². The summed E-state index contributed by atoms with van der Waals surface area (Å²) in [5.74, 6) is 9.95. The second kappa shape index (κ2) is 6.06. The van der Waals surface area contributed by atoms with Gasteiger partial charge in [0.1, 0.15) is 18.2 Å². The Morgan fingerprint density at radius 1 is 1.47 bits per heavy atom. The highest BCUT2D eigenvalue weighted by atomic mass is 16.5. The largest absolute Gasteiger partial charge is 0.476 e. The van der Waals surface area contributed by atoms with Crippen molar-refractivity contribution >= 4 is 5.82 Å². The Hall–Kier alpha value is -1.80. The number of rotatable bonds is 5. The minimum absolute atomic E-state index is 0.206. The van der Waals surface area contributed by atoms with Crippen LogP contribution in [0.5, 0.6) is 5.88 Å². The summed E-state index contributed by atoms with van der Waals surface area (Å²) < 4.78 is 5.52. The third-order valence-corrected chi connectivity index (χ3v) is 2.26. The van der Waals surface area contributed by atoms with Gasteiger partial charge < -0.3 is 10.2 Å². The van der Waals surface area contributed by atoms with Gasteiger partial charge in [-0.2, -0.15) is 4.98 Å². The zero-order valence-electron chi connectivity index (χ0n) is 10.4. The summed E-state index contributed by atoms with van der Waals surface area (Å²) in [4.78, 5) is 8.67. The van der Waals surface area contributed by atoms with Gasteiger partial charge in [0.15, 0.2) is 0 Å². The van der Waals surface area contributed by atoms with Crippen LogP contribution in [-0.4, -0.2) is 16.6 Å². The Kier molecular flexibility index (Phi) is 4.73. The molecule has 0 fully saturated rings. The SMILES string of the molecule is C#CCCOc1nc(C(C)C)nc(NN)c1C. The first kappa shape index (κ1) is 13.3. The maximum Gasteiger partial charge on any atom is 0.221 e. The van der Waals surface area contributed by atoms with Gasteiger partial charge in [0.05, 0.1) is 5.56 Å². The Labute approximate surface area is 102 Å². The molecule has 1 heterocycles. The lowest BCUT2D eigenvalue weighted by molar-refractivity contribution is 0.310. The van der Waals surface area contributed by atoms with Crippen LogP contribution < -0.4 is 16.0 Å². The number of nitrogens with zero attached hydrogens (tertiary/aromatic N) is 2. The average Bonchev–Trinajstić information content (AvgIpc) is 2.31. The highest BCUT2D eigenvalue weighted by Gasteiger charge is 2.13. The maximum atomic E-state index is 5.52. The topological polar surface area (TPSA) is 73.1 Å². The molecule has 92 valence electrons. The normalized spacial score (nSPS) is 10.1. The van der Waals surface area contributed by atoms with E-state index in [2.05, 4.69) is 21.3 Å². The van der Waals surface area contributed by atoms with E-state index < -0.39 is 0 Å². The molecule has 1 aromatic rings. The van der Waals surface area contributed by atoms with Gasteiger partial charge in [0.25, 0.3) is 0 Å². The fourth-order valence-electron chi connectivity index (χ4n) is 1.26. The second-order valence-corrected chi connectivity index (χ2v) is 3.96. The van der Waals surface area contributed by atoms with E-state index in [9.17, 15) is 0 Å². The monoisotopic (exact) mass is 234 g/mol. The third kappa shape index (κ3) is 3.33. The fourth-order valence-corrected chi connectivity index (χ4v) is 1.26. The molecule has 0 spiro atoms. The van der Waals surface area contributed by atoms with E-state index in [1.54, 1.807) is 0 Å². The van der Waals surface area contributed by atoms with Crippen LogP contribution in [0, 0.1) is 19.3 Å². The Balaban J connectivity index is 3.01. The summed E-state index contributed by atoms with van der Waals surface area (Å²) in [7, 11) is 0. The van der Waals surface area contributed by atoms with Crippen LogP contribution in [0.1, 0.15) is 37.6 Å². The van der Waals surface area contributed by atoms with Gasteiger partial charge in [-0.15, -0.1) is 12.3 Å². The van der Waals surface area contributed by atoms with E-state index in [0.717, 1.165) is 5.56 Å². The molecule has 0 aliphatic heterocycles. The first-order valence-corrected chi connectivity index (χ1v) is 5.51. The van der Waals surface area contributed by atoms with Crippen LogP contribution in [-0.2, 0) is 0 Å². The van der Waals surface area contributed by atoms with E-state index in [0.29, 0.717) is 30.5 Å². The lowest BCUT2D eigenvalue weighted by Crippen LogP contribution is -2.14. The number of nitrogen functional groups attached to an aromatic ring is 1. The molecule has 0 aliphatic rings. The number of terminal acetylenes is 1. The number of anilines is 1. The Morgan fingerprint density at radius 2 is 2.18 bits per heavy atom. The third-order valence-electron chi connectivity index (χ3n) is 2.26. The van der Waals surface area contributed by atoms with Gasteiger partial charge in [0.2, 0.25) is 5.88 Å². The van der Waals surface area contributed by atoms with Crippen molar-refractivity contribution in [3.63, 3.8) is 0 Å². The van der Waals surface area contributed by atoms with Crippen LogP contribution in [0.3, 0.4) is 0 Å². The van der Waals surface area contributed by atoms with Crippen LogP contribution in [0.25, 0.3) is 0 Å². The number of ether oxygens (including phenoxy) is 1. The number of nitrogens with two attached hydrogens (primary N) is 1. The standard InChI is InChI=1S/C12H18N4O/c1-5-6-7-17-12-9(4)11(16-13)14-10(15-12)8(2)3/h1,8H,6-7,13H2,2-4H3,(H,14,15,16). The summed E-state index contributed by atoms with van der Waals surface area (Å²) in [6.45, 7) is 6.31. The van der Waals surface area contributed by atoms with Crippen LogP contribution in [0.4, 0.5) is 5.82 Å². The van der Waals surface area contributed by atoms with Crippen molar-refractivity contribution in [3.8, 4) is 18.2 Å². The predicted molar refractivity (Wildman–Crippen MR) is 67.6 cm³/mol. The molecule has 0 saturated heterocycles. The molecule has 0 aliphatic carbocycles. The number of hydrazine groups is 1. The molecular weight excluding hydrogens is 216 g/mol. The highest BCUT2D eigenvalue weighted by Crippen LogP contribution is 2.24. The molecule has 0 saturated carbocycles. The smallest absolute Gasteiger partial charge is 0.221 e. The summed E-state index contributed by atoms with van der Waals surface area (Å²) in [5.41, 5.74) is 3.34. The van der Waals surface area contributed by atoms with Crippen molar-refractivity contribution in [2.75, 3.05) is 12.0 Å². The molecule has 5 nitrogen and oxygen atoms in total. The zero-order chi connectivity index (χ0) is 12.8. The molecule has 5 heteroatoms. The van der Waals surface area contributed by atoms with Crippen LogP contribution >= 0.6 is 0 Å². The molecule has 0 unspecified atom stereocenters. The Bertz CT molecular complexity index is 423. The molecule has 0 atom stereocenters. The van der Waals surface area contributed by atoms with Crippen molar-refractivity contribution < 1.29 is 4.74 Å².